The molecule has 0 fully saturated rings. The number of carbonyl (C=O) groups is 1. The van der Waals surface area contributed by atoms with Gasteiger partial charge in [-0.25, -0.2) is 0 Å². The second-order valence-corrected chi connectivity index (χ2v) is 8.17. The van der Waals surface area contributed by atoms with Gasteiger partial charge in [-0.2, -0.15) is 0 Å². The summed E-state index contributed by atoms with van der Waals surface area (Å²) < 4.78 is 5.15. The molecule has 1 amide bonds. The maximum Gasteiger partial charge on any atom is 0.239 e. The molecule has 0 bridgehead atoms. The fraction of sp³-hybridized carbons (Fsp3) is 0.167. The lowest BCUT2D eigenvalue weighted by Crippen LogP contribution is -2.22. The van der Waals surface area contributed by atoms with Gasteiger partial charge in [-0.3, -0.25) is 10.1 Å². The first kappa shape index (κ1) is 18.7. The lowest BCUT2D eigenvalue weighted by Gasteiger charge is -2.10. The first-order valence-corrected chi connectivity index (χ1v) is 9.83. The number of hydrogen-bond acceptors (Lipinski definition) is 6. The number of thioether (sulfide) groups is 1. The van der Waals surface area contributed by atoms with Gasteiger partial charge < -0.3 is 4.74 Å². The zero-order valence-electron chi connectivity index (χ0n) is 14.1. The summed E-state index contributed by atoms with van der Waals surface area (Å²) in [5.41, 5.74) is 0.924. The van der Waals surface area contributed by atoms with E-state index >= 15 is 0 Å². The van der Waals surface area contributed by atoms with Crippen LogP contribution in [0.4, 0.5) is 5.13 Å². The molecule has 0 spiro atoms. The van der Waals surface area contributed by atoms with Crippen LogP contribution in [-0.4, -0.2) is 28.5 Å². The number of methoxy groups -OCH3 is 1. The molecule has 5 nitrogen and oxygen atoms in total. The molecule has 0 saturated carbocycles. The van der Waals surface area contributed by atoms with Crippen LogP contribution in [0, 0.1) is 0 Å². The van der Waals surface area contributed by atoms with Crippen LogP contribution in [0.3, 0.4) is 0 Å². The van der Waals surface area contributed by atoms with Gasteiger partial charge in [-0.05, 0) is 55.5 Å². The zero-order chi connectivity index (χ0) is 18.5. The number of amides is 1. The minimum atomic E-state index is -0.274. The molecule has 1 atom stereocenters. The second kappa shape index (κ2) is 8.53. The third kappa shape index (κ3) is 4.75. The minimum absolute atomic E-state index is 0.123. The van der Waals surface area contributed by atoms with Crippen molar-refractivity contribution in [3.8, 4) is 16.3 Å². The highest BCUT2D eigenvalue weighted by atomic mass is 35.5. The highest BCUT2D eigenvalue weighted by molar-refractivity contribution is 8.00. The first-order valence-electron chi connectivity index (χ1n) is 7.76. The van der Waals surface area contributed by atoms with E-state index in [1.807, 2.05) is 43.3 Å². The molecule has 0 aliphatic carbocycles. The Hall–Kier alpha value is -2.09. The van der Waals surface area contributed by atoms with E-state index in [1.54, 1.807) is 19.2 Å². The molecule has 1 N–H and O–H groups in total. The van der Waals surface area contributed by atoms with E-state index in [9.17, 15) is 4.79 Å². The van der Waals surface area contributed by atoms with E-state index in [0.29, 0.717) is 10.2 Å². The summed E-state index contributed by atoms with van der Waals surface area (Å²) in [5.74, 6) is 0.655. The van der Waals surface area contributed by atoms with Crippen LogP contribution in [0.5, 0.6) is 5.75 Å². The molecule has 1 aromatic heterocycles. The summed E-state index contributed by atoms with van der Waals surface area (Å²) in [7, 11) is 1.62. The maximum atomic E-state index is 12.4. The van der Waals surface area contributed by atoms with Crippen LogP contribution in [0.25, 0.3) is 10.6 Å². The maximum absolute atomic E-state index is 12.4. The van der Waals surface area contributed by atoms with E-state index in [0.717, 1.165) is 21.2 Å². The topological polar surface area (TPSA) is 64.1 Å². The van der Waals surface area contributed by atoms with E-state index in [-0.39, 0.29) is 11.2 Å². The van der Waals surface area contributed by atoms with E-state index in [2.05, 4.69) is 15.5 Å². The molecule has 134 valence electrons. The molecule has 0 saturated heterocycles. The van der Waals surface area contributed by atoms with Gasteiger partial charge >= 0.3 is 0 Å². The Kier molecular flexibility index (Phi) is 6.13. The largest absolute Gasteiger partial charge is 0.497 e. The minimum Gasteiger partial charge on any atom is -0.497 e. The molecular weight excluding hydrogens is 390 g/mol. The Bertz CT molecular complexity index is 882. The van der Waals surface area contributed by atoms with Crippen molar-refractivity contribution in [2.75, 3.05) is 12.4 Å². The Morgan fingerprint density at radius 2 is 1.85 bits per heavy atom. The van der Waals surface area contributed by atoms with Crippen LogP contribution in [0.1, 0.15) is 6.92 Å². The number of anilines is 1. The molecule has 0 radical (unpaired) electrons. The van der Waals surface area contributed by atoms with Crippen molar-refractivity contribution in [2.45, 2.75) is 17.1 Å². The average molecular weight is 406 g/mol. The third-order valence-corrected chi connectivity index (χ3v) is 5.74. The monoisotopic (exact) mass is 405 g/mol. The Labute approximate surface area is 164 Å². The summed E-state index contributed by atoms with van der Waals surface area (Å²) in [5, 5.41) is 12.6. The fourth-order valence-corrected chi connectivity index (χ4v) is 3.85. The highest BCUT2D eigenvalue weighted by Gasteiger charge is 2.17. The second-order valence-electron chi connectivity index (χ2n) is 5.34. The van der Waals surface area contributed by atoms with Gasteiger partial charge in [0.1, 0.15) is 10.8 Å². The number of ether oxygens (including phenoxy) is 1. The smallest absolute Gasteiger partial charge is 0.239 e. The SMILES string of the molecule is COc1ccc(-c2nnc(NC(=O)[C@H](C)Sc3ccc(Cl)cc3)s2)cc1. The number of carbonyl (C=O) groups excluding carboxylic acids is 1. The van der Waals surface area contributed by atoms with Crippen LogP contribution >= 0.6 is 34.7 Å². The third-order valence-electron chi connectivity index (χ3n) is 3.49. The van der Waals surface area contributed by atoms with E-state index in [1.165, 1.54) is 23.1 Å². The molecule has 3 aromatic rings. The quantitative estimate of drug-likeness (QED) is 0.585. The predicted molar refractivity (Wildman–Crippen MR) is 107 cm³/mol. The molecule has 2 aromatic carbocycles. The number of aromatic nitrogens is 2. The number of rotatable bonds is 6. The van der Waals surface area contributed by atoms with Gasteiger partial charge in [0.05, 0.1) is 12.4 Å². The number of hydrogen-bond donors (Lipinski definition) is 1. The fourth-order valence-electron chi connectivity index (χ4n) is 2.10. The molecule has 0 unspecified atom stereocenters. The lowest BCUT2D eigenvalue weighted by molar-refractivity contribution is -0.115. The van der Waals surface area contributed by atoms with Crippen LogP contribution in [0.2, 0.25) is 5.02 Å². The Morgan fingerprint density at radius 1 is 1.15 bits per heavy atom. The van der Waals surface area contributed by atoms with Gasteiger partial charge in [-0.15, -0.1) is 22.0 Å². The molecule has 3 rings (SSSR count). The molecule has 8 heteroatoms. The number of halogens is 1. The summed E-state index contributed by atoms with van der Waals surface area (Å²) in [6, 6.07) is 14.9. The summed E-state index contributed by atoms with van der Waals surface area (Å²) in [6.07, 6.45) is 0. The standard InChI is InChI=1S/C18H16ClN3O2S2/c1-11(25-15-9-5-13(19)6-10-15)16(23)20-18-22-21-17(26-18)12-3-7-14(24-2)8-4-12/h3-11H,1-2H3,(H,20,22,23)/t11-/m0/s1. The lowest BCUT2D eigenvalue weighted by atomic mass is 10.2. The summed E-state index contributed by atoms with van der Waals surface area (Å²) >= 11 is 8.67. The van der Waals surface area contributed by atoms with Crippen molar-refractivity contribution in [3.63, 3.8) is 0 Å². The van der Waals surface area contributed by atoms with Crippen LogP contribution in [0.15, 0.2) is 53.4 Å². The normalized spacial score (nSPS) is 11.8. The van der Waals surface area contributed by atoms with Crippen molar-refractivity contribution in [3.05, 3.63) is 53.6 Å². The Balaban J connectivity index is 1.62. The molecule has 26 heavy (non-hydrogen) atoms. The average Bonchev–Trinajstić information content (AvgIpc) is 3.12. The molecule has 1 heterocycles. The van der Waals surface area contributed by atoms with Gasteiger partial charge in [0.15, 0.2) is 0 Å². The van der Waals surface area contributed by atoms with Crippen LogP contribution in [-0.2, 0) is 4.79 Å². The molecule has 0 aliphatic rings. The summed E-state index contributed by atoms with van der Waals surface area (Å²) in [4.78, 5) is 13.4. The van der Waals surface area contributed by atoms with Crippen molar-refractivity contribution < 1.29 is 9.53 Å². The summed E-state index contributed by atoms with van der Waals surface area (Å²) in [6.45, 7) is 1.85. The predicted octanol–water partition coefficient (Wildman–Crippen LogP) is 4.99. The Morgan fingerprint density at radius 3 is 2.50 bits per heavy atom. The van der Waals surface area contributed by atoms with Crippen molar-refractivity contribution in [1.29, 1.82) is 0 Å². The number of benzene rings is 2. The van der Waals surface area contributed by atoms with Crippen molar-refractivity contribution in [2.24, 2.45) is 0 Å². The van der Waals surface area contributed by atoms with Gasteiger partial charge in [0.2, 0.25) is 11.0 Å². The van der Waals surface area contributed by atoms with E-state index in [4.69, 9.17) is 16.3 Å². The number of nitrogens with one attached hydrogen (secondary N) is 1. The molecular formula is C18H16ClN3O2S2. The van der Waals surface area contributed by atoms with Gasteiger partial charge in [-0.1, -0.05) is 22.9 Å². The molecule has 0 aliphatic heterocycles. The van der Waals surface area contributed by atoms with Gasteiger partial charge in [0.25, 0.3) is 0 Å². The first-order chi connectivity index (χ1) is 12.5. The van der Waals surface area contributed by atoms with Crippen molar-refractivity contribution in [1.82, 2.24) is 10.2 Å². The zero-order valence-corrected chi connectivity index (χ0v) is 16.5. The number of nitrogens with zero attached hydrogens (tertiary/aromatic N) is 2. The van der Waals surface area contributed by atoms with Gasteiger partial charge in [0, 0.05) is 15.5 Å². The van der Waals surface area contributed by atoms with Crippen LogP contribution < -0.4 is 10.1 Å². The van der Waals surface area contributed by atoms with E-state index < -0.39 is 0 Å². The van der Waals surface area contributed by atoms with Crippen molar-refractivity contribution >= 4 is 45.7 Å². The highest BCUT2D eigenvalue weighted by Crippen LogP contribution is 2.29.